The van der Waals surface area contributed by atoms with Crippen LogP contribution in [0.5, 0.6) is 0 Å². The molecule has 2 aromatic rings. The monoisotopic (exact) mass is 399 g/mol. The normalized spacial score (nSPS) is 12.0. The molecule has 0 fully saturated rings. The molecule has 0 aromatic heterocycles. The van der Waals surface area contributed by atoms with Crippen LogP contribution in [0, 0.1) is 10.5 Å². The zero-order valence-corrected chi connectivity index (χ0v) is 14.1. The van der Waals surface area contributed by atoms with Gasteiger partial charge in [0.1, 0.15) is 6.26 Å². The number of benzene rings is 2. The lowest BCUT2D eigenvalue weighted by Crippen LogP contribution is -2.17. The van der Waals surface area contributed by atoms with Crippen molar-refractivity contribution in [3.05, 3.63) is 57.2 Å². The second-order valence-electron chi connectivity index (χ2n) is 4.34. The number of hydrogen-bond donors (Lipinski definition) is 1. The molecule has 104 valence electrons. The molecule has 0 saturated carbocycles. The first-order valence-electron chi connectivity index (χ1n) is 5.99. The minimum Gasteiger partial charge on any atom is -0.612 e. The number of hydrogen-bond acceptors (Lipinski definition) is 2. The molecule has 20 heavy (non-hydrogen) atoms. The second kappa shape index (κ2) is 6.60. The lowest BCUT2D eigenvalue weighted by atomic mass is 10.1. The van der Waals surface area contributed by atoms with Crippen molar-refractivity contribution in [2.24, 2.45) is 0 Å². The van der Waals surface area contributed by atoms with E-state index in [4.69, 9.17) is 0 Å². The maximum absolute atomic E-state index is 12.4. The van der Waals surface area contributed by atoms with Gasteiger partial charge in [-0.25, -0.2) is 0 Å². The first-order chi connectivity index (χ1) is 9.50. The summed E-state index contributed by atoms with van der Waals surface area (Å²) < 4.78 is 12.6. The fourth-order valence-electron chi connectivity index (χ4n) is 1.92. The molecule has 0 saturated heterocycles. The Morgan fingerprint density at radius 1 is 1.20 bits per heavy atom. The number of rotatable bonds is 3. The van der Waals surface area contributed by atoms with E-state index >= 15 is 0 Å². The summed E-state index contributed by atoms with van der Waals surface area (Å²) in [5.74, 6) is -0.176. The van der Waals surface area contributed by atoms with Gasteiger partial charge in [-0.05, 0) is 64.5 Å². The molecule has 1 amide bonds. The lowest BCUT2D eigenvalue weighted by Gasteiger charge is -2.13. The van der Waals surface area contributed by atoms with E-state index in [1.165, 1.54) is 0 Å². The summed E-state index contributed by atoms with van der Waals surface area (Å²) in [5.41, 5.74) is 2.17. The Kier molecular flexibility index (Phi) is 5.06. The van der Waals surface area contributed by atoms with Gasteiger partial charge < -0.3 is 9.87 Å². The van der Waals surface area contributed by atoms with Crippen LogP contribution in [0.1, 0.15) is 15.9 Å². The van der Waals surface area contributed by atoms with Crippen LogP contribution in [-0.4, -0.2) is 16.7 Å². The standard InChI is InChI=1S/C15H14INO2S/c1-10-6-5-7-11(16)14(10)15(18)17-12-8-3-4-9-13(12)20(2)19/h3-9H,1-2H3,(H,17,18). The van der Waals surface area contributed by atoms with E-state index in [0.29, 0.717) is 16.1 Å². The number of amides is 1. The molecule has 3 nitrogen and oxygen atoms in total. The third kappa shape index (κ3) is 3.34. The van der Waals surface area contributed by atoms with Crippen molar-refractivity contribution in [1.82, 2.24) is 0 Å². The summed E-state index contributed by atoms with van der Waals surface area (Å²) >= 11 is 1.00. The fraction of sp³-hybridized carbons (Fsp3) is 0.133. The van der Waals surface area contributed by atoms with Crippen molar-refractivity contribution in [2.45, 2.75) is 11.8 Å². The van der Waals surface area contributed by atoms with Gasteiger partial charge in [0.05, 0.1) is 11.3 Å². The number of aryl methyl sites for hydroxylation is 1. The van der Waals surface area contributed by atoms with E-state index in [0.717, 1.165) is 9.13 Å². The minimum atomic E-state index is -1.14. The Hall–Kier alpha value is -1.05. The van der Waals surface area contributed by atoms with Gasteiger partial charge in [-0.1, -0.05) is 24.3 Å². The summed E-state index contributed by atoms with van der Waals surface area (Å²) in [7, 11) is 0. The molecule has 1 unspecified atom stereocenters. The lowest BCUT2D eigenvalue weighted by molar-refractivity contribution is 0.102. The molecule has 0 spiro atoms. The molecule has 0 bridgehead atoms. The van der Waals surface area contributed by atoms with Crippen molar-refractivity contribution in [2.75, 3.05) is 11.6 Å². The quantitative estimate of drug-likeness (QED) is 0.634. The third-order valence-electron chi connectivity index (χ3n) is 2.89. The van der Waals surface area contributed by atoms with Crippen LogP contribution in [-0.2, 0) is 11.2 Å². The zero-order valence-electron chi connectivity index (χ0n) is 11.1. The van der Waals surface area contributed by atoms with Crippen LogP contribution in [0.2, 0.25) is 0 Å². The van der Waals surface area contributed by atoms with E-state index < -0.39 is 11.2 Å². The Balaban J connectivity index is 2.33. The molecule has 5 heteroatoms. The minimum absolute atomic E-state index is 0.176. The fourth-order valence-corrected chi connectivity index (χ4v) is 3.50. The van der Waals surface area contributed by atoms with Crippen LogP contribution in [0.25, 0.3) is 0 Å². The third-order valence-corrected chi connectivity index (χ3v) is 4.77. The molecule has 2 rings (SSSR count). The van der Waals surface area contributed by atoms with Crippen LogP contribution in [0.4, 0.5) is 5.69 Å². The average molecular weight is 399 g/mol. The molecular formula is C15H14INO2S. The summed E-state index contributed by atoms with van der Waals surface area (Å²) in [5, 5.41) is 2.85. The smallest absolute Gasteiger partial charge is 0.257 e. The maximum Gasteiger partial charge on any atom is 0.257 e. The number of anilines is 1. The number of carbonyl (C=O) groups is 1. The van der Waals surface area contributed by atoms with E-state index in [9.17, 15) is 9.35 Å². The maximum atomic E-state index is 12.4. The molecule has 0 aliphatic carbocycles. The highest BCUT2D eigenvalue weighted by atomic mass is 127. The average Bonchev–Trinajstić information content (AvgIpc) is 2.38. The van der Waals surface area contributed by atoms with Gasteiger partial charge in [-0.2, -0.15) is 0 Å². The molecule has 1 atom stereocenters. The van der Waals surface area contributed by atoms with Crippen LogP contribution in [0.15, 0.2) is 47.4 Å². The molecule has 0 heterocycles. The van der Waals surface area contributed by atoms with Gasteiger partial charge in [-0.3, -0.25) is 4.79 Å². The van der Waals surface area contributed by atoms with Crippen molar-refractivity contribution < 1.29 is 9.35 Å². The van der Waals surface area contributed by atoms with E-state index in [-0.39, 0.29) is 5.91 Å². The van der Waals surface area contributed by atoms with E-state index in [1.807, 2.05) is 37.3 Å². The summed E-state index contributed by atoms with van der Waals surface area (Å²) in [6.45, 7) is 1.90. The number of halogens is 1. The first-order valence-corrected chi connectivity index (χ1v) is 8.63. The van der Waals surface area contributed by atoms with Gasteiger partial charge >= 0.3 is 0 Å². The molecular weight excluding hydrogens is 385 g/mol. The highest BCUT2D eigenvalue weighted by Crippen LogP contribution is 2.23. The predicted molar refractivity (Wildman–Crippen MR) is 90.6 cm³/mol. The van der Waals surface area contributed by atoms with Crippen molar-refractivity contribution in [1.29, 1.82) is 0 Å². The predicted octanol–water partition coefficient (Wildman–Crippen LogP) is 3.59. The topological polar surface area (TPSA) is 52.2 Å². The molecule has 2 aromatic carbocycles. The summed E-state index contributed by atoms with van der Waals surface area (Å²) in [4.78, 5) is 13.0. The molecule has 0 radical (unpaired) electrons. The van der Waals surface area contributed by atoms with E-state index in [2.05, 4.69) is 27.9 Å². The summed E-state index contributed by atoms with van der Waals surface area (Å²) in [6.07, 6.45) is 1.60. The number of nitrogens with one attached hydrogen (secondary N) is 1. The summed E-state index contributed by atoms with van der Waals surface area (Å²) in [6, 6.07) is 12.9. The van der Waals surface area contributed by atoms with Gasteiger partial charge in [0.25, 0.3) is 5.91 Å². The second-order valence-corrected chi connectivity index (χ2v) is 6.85. The Morgan fingerprint density at radius 3 is 2.55 bits per heavy atom. The number of para-hydroxylation sites is 1. The van der Waals surface area contributed by atoms with Gasteiger partial charge in [0.2, 0.25) is 0 Å². The Labute approximate surface area is 135 Å². The van der Waals surface area contributed by atoms with Crippen LogP contribution < -0.4 is 5.32 Å². The molecule has 0 aliphatic heterocycles. The van der Waals surface area contributed by atoms with Gasteiger partial charge in [0, 0.05) is 3.57 Å². The van der Waals surface area contributed by atoms with Crippen LogP contribution >= 0.6 is 22.6 Å². The van der Waals surface area contributed by atoms with Gasteiger partial charge in [0.15, 0.2) is 4.90 Å². The highest BCUT2D eigenvalue weighted by Gasteiger charge is 2.17. The first kappa shape index (κ1) is 15.3. The van der Waals surface area contributed by atoms with Crippen molar-refractivity contribution in [3.8, 4) is 0 Å². The largest absolute Gasteiger partial charge is 0.612 e. The van der Waals surface area contributed by atoms with E-state index in [1.54, 1.807) is 18.4 Å². The van der Waals surface area contributed by atoms with Crippen molar-refractivity contribution in [3.63, 3.8) is 0 Å². The number of carbonyl (C=O) groups excluding carboxylic acids is 1. The Morgan fingerprint density at radius 2 is 1.90 bits per heavy atom. The Bertz CT molecular complexity index is 623. The van der Waals surface area contributed by atoms with Gasteiger partial charge in [-0.15, -0.1) is 0 Å². The molecule has 1 N–H and O–H groups in total. The SMILES string of the molecule is Cc1cccc(I)c1C(=O)Nc1ccccc1[S+](C)[O-]. The van der Waals surface area contributed by atoms with Crippen molar-refractivity contribution >= 4 is 45.4 Å². The van der Waals surface area contributed by atoms with Crippen LogP contribution in [0.3, 0.4) is 0 Å². The zero-order chi connectivity index (χ0) is 14.7. The molecule has 0 aliphatic rings. The highest BCUT2D eigenvalue weighted by molar-refractivity contribution is 14.1.